The van der Waals surface area contributed by atoms with Gasteiger partial charge in [0, 0.05) is 6.61 Å². The molecule has 0 heterocycles. The summed E-state index contributed by atoms with van der Waals surface area (Å²) in [7, 11) is -0.336. The molecule has 4 rings (SSSR count). The Hall–Kier alpha value is -0.423. The van der Waals surface area contributed by atoms with Gasteiger partial charge in [0.2, 0.25) is 0 Å². The molecule has 0 amide bonds. The van der Waals surface area contributed by atoms with Crippen molar-refractivity contribution in [3.05, 3.63) is 0 Å². The second kappa shape index (κ2) is 9.40. The number of carbonyl (C=O) groups excluding carboxylic acids is 1. The van der Waals surface area contributed by atoms with Crippen LogP contribution in [0, 0.1) is 52.3 Å². The van der Waals surface area contributed by atoms with Crippen molar-refractivity contribution in [2.24, 2.45) is 52.3 Å². The number of ether oxygens (including phenoxy) is 1. The molecule has 3 nitrogen and oxygen atoms in total. The predicted molar refractivity (Wildman–Crippen MR) is 143 cm³/mol. The predicted octanol–water partition coefficient (Wildman–Crippen LogP) is 8.04. The van der Waals surface area contributed by atoms with E-state index >= 15 is 4.39 Å². The average molecular weight is 509 g/mol. The second-order valence-corrected chi connectivity index (χ2v) is 19.8. The largest absolute Gasteiger partial charge is 0.469 e. The highest BCUT2D eigenvalue weighted by Crippen LogP contribution is 2.68. The molecule has 4 fully saturated rings. The van der Waals surface area contributed by atoms with E-state index in [-0.39, 0.29) is 22.3 Å². The van der Waals surface area contributed by atoms with Crippen LogP contribution in [0.1, 0.15) is 92.9 Å². The van der Waals surface area contributed by atoms with Crippen molar-refractivity contribution in [3.8, 4) is 0 Å². The topological polar surface area (TPSA) is 35.5 Å². The minimum atomic E-state index is -1.74. The van der Waals surface area contributed by atoms with E-state index in [2.05, 4.69) is 54.6 Å². The lowest BCUT2D eigenvalue weighted by molar-refractivity contribution is -0.168. The van der Waals surface area contributed by atoms with Crippen molar-refractivity contribution >= 4 is 14.3 Å². The number of esters is 1. The Bertz CT molecular complexity index is 793. The van der Waals surface area contributed by atoms with Crippen LogP contribution in [0.4, 0.5) is 4.39 Å². The summed E-state index contributed by atoms with van der Waals surface area (Å²) >= 11 is 0. The molecule has 0 N–H and O–H groups in total. The second-order valence-electron chi connectivity index (χ2n) is 15.0. The Labute approximate surface area is 215 Å². The van der Waals surface area contributed by atoms with Gasteiger partial charge in [-0.15, -0.1) is 0 Å². The van der Waals surface area contributed by atoms with Gasteiger partial charge in [0.05, 0.1) is 13.0 Å². The van der Waals surface area contributed by atoms with Crippen LogP contribution in [0.3, 0.4) is 0 Å². The van der Waals surface area contributed by atoms with Crippen molar-refractivity contribution in [2.75, 3.05) is 13.7 Å². The molecule has 202 valence electrons. The van der Waals surface area contributed by atoms with E-state index in [4.69, 9.17) is 9.16 Å². The summed E-state index contributed by atoms with van der Waals surface area (Å²) in [5, 5.41) is 0.252. The van der Waals surface area contributed by atoms with Gasteiger partial charge >= 0.3 is 5.97 Å². The Balaban J connectivity index is 1.47. The minimum Gasteiger partial charge on any atom is -0.469 e. The summed E-state index contributed by atoms with van der Waals surface area (Å²) in [6.07, 6.45) is 7.81. The highest BCUT2D eigenvalue weighted by atomic mass is 28.4. The van der Waals surface area contributed by atoms with Gasteiger partial charge in [0.1, 0.15) is 6.17 Å². The zero-order valence-electron chi connectivity index (χ0n) is 24.1. The summed E-state index contributed by atoms with van der Waals surface area (Å²) in [4.78, 5) is 12.2. The third-order valence-electron chi connectivity index (χ3n) is 12.5. The number of methoxy groups -OCH3 is 1. The molecule has 35 heavy (non-hydrogen) atoms. The van der Waals surface area contributed by atoms with Gasteiger partial charge in [-0.2, -0.15) is 0 Å². The molecule has 0 aliphatic heterocycles. The lowest BCUT2D eigenvalue weighted by Gasteiger charge is -2.61. The summed E-state index contributed by atoms with van der Waals surface area (Å²) in [5.74, 6) is 2.52. The maximum Gasteiger partial charge on any atom is 0.311 e. The zero-order chi connectivity index (χ0) is 26.0. The lowest BCUT2D eigenvalue weighted by atomic mass is 9.43. The summed E-state index contributed by atoms with van der Waals surface area (Å²) < 4.78 is 27.3. The Morgan fingerprint density at radius 1 is 0.971 bits per heavy atom. The number of carbonyl (C=O) groups is 1. The number of hydrogen-bond acceptors (Lipinski definition) is 3. The van der Waals surface area contributed by atoms with E-state index in [1.807, 2.05) is 0 Å². The highest BCUT2D eigenvalue weighted by Gasteiger charge is 2.63. The van der Waals surface area contributed by atoms with Crippen LogP contribution in [-0.2, 0) is 14.0 Å². The van der Waals surface area contributed by atoms with Crippen LogP contribution < -0.4 is 0 Å². The molecular formula is C30H53FO3Si. The van der Waals surface area contributed by atoms with Gasteiger partial charge in [-0.1, -0.05) is 41.5 Å². The number of halogens is 1. The third-order valence-corrected chi connectivity index (χ3v) is 17.0. The number of fused-ring (bicyclic) bond motifs is 5. The molecule has 4 saturated carbocycles. The average Bonchev–Trinajstić information content (AvgIpc) is 3.13. The van der Waals surface area contributed by atoms with Gasteiger partial charge < -0.3 is 9.16 Å². The quantitative estimate of drug-likeness (QED) is 0.278. The van der Waals surface area contributed by atoms with Crippen LogP contribution in [0.5, 0.6) is 0 Å². The van der Waals surface area contributed by atoms with E-state index in [0.717, 1.165) is 43.6 Å². The monoisotopic (exact) mass is 508 g/mol. The Morgan fingerprint density at radius 3 is 2.20 bits per heavy atom. The lowest BCUT2D eigenvalue weighted by Crippen LogP contribution is -2.57. The van der Waals surface area contributed by atoms with Crippen molar-refractivity contribution < 1.29 is 18.3 Å². The highest BCUT2D eigenvalue weighted by molar-refractivity contribution is 6.74. The first-order valence-electron chi connectivity index (χ1n) is 14.5. The van der Waals surface area contributed by atoms with Crippen LogP contribution in [0.15, 0.2) is 0 Å². The fourth-order valence-electron chi connectivity index (χ4n) is 9.33. The van der Waals surface area contributed by atoms with Gasteiger partial charge in [-0.05, 0) is 116 Å². The molecule has 0 saturated heterocycles. The molecular weight excluding hydrogens is 455 g/mol. The van der Waals surface area contributed by atoms with E-state index in [9.17, 15) is 4.79 Å². The summed E-state index contributed by atoms with van der Waals surface area (Å²) in [6, 6.07) is 0. The molecule has 4 unspecified atom stereocenters. The van der Waals surface area contributed by atoms with Crippen molar-refractivity contribution in [3.63, 3.8) is 0 Å². The first-order valence-corrected chi connectivity index (χ1v) is 17.4. The van der Waals surface area contributed by atoms with Gasteiger partial charge in [0.15, 0.2) is 8.32 Å². The molecule has 5 heteroatoms. The van der Waals surface area contributed by atoms with E-state index in [1.165, 1.54) is 32.8 Å². The Kier molecular flexibility index (Phi) is 7.41. The maximum atomic E-state index is 15.7. The molecule has 0 spiro atoms. The molecule has 10 atom stereocenters. The number of hydrogen-bond donors (Lipinski definition) is 0. The minimum absolute atomic E-state index is 0.0140. The van der Waals surface area contributed by atoms with Crippen LogP contribution in [0.25, 0.3) is 0 Å². The standard InChI is InChI=1S/C30H53FO3Si/c1-19(18-34-35(8,9)28(2,3)4)22-12-13-23-20-10-11-25-26(31)21(27(32)33-7)14-16-30(25,6)24(20)15-17-29(22,23)5/h19-26H,10-18H2,1-9H3/t19?,20-,21?,22+,23-,24-,25?,26?,29+,30+/m0/s1. The van der Waals surface area contributed by atoms with Crippen LogP contribution in [-0.4, -0.2) is 34.2 Å². The fraction of sp³-hybridized carbons (Fsp3) is 0.967. The van der Waals surface area contributed by atoms with Gasteiger partial charge in [-0.25, -0.2) is 4.39 Å². The zero-order valence-corrected chi connectivity index (χ0v) is 25.1. The first kappa shape index (κ1) is 27.6. The third kappa shape index (κ3) is 4.47. The number of rotatable bonds is 5. The van der Waals surface area contributed by atoms with Crippen LogP contribution >= 0.6 is 0 Å². The van der Waals surface area contributed by atoms with E-state index in [1.54, 1.807) is 0 Å². The van der Waals surface area contributed by atoms with Crippen molar-refractivity contribution in [1.82, 2.24) is 0 Å². The van der Waals surface area contributed by atoms with Crippen LogP contribution in [0.2, 0.25) is 18.1 Å². The first-order chi connectivity index (χ1) is 16.2. The summed E-state index contributed by atoms with van der Waals surface area (Å²) in [6.45, 7) is 20.0. The van der Waals surface area contributed by atoms with E-state index < -0.39 is 20.4 Å². The number of alkyl halides is 1. The molecule has 0 aromatic carbocycles. The molecule has 0 aromatic heterocycles. The molecule has 0 bridgehead atoms. The van der Waals surface area contributed by atoms with E-state index in [0.29, 0.717) is 23.7 Å². The van der Waals surface area contributed by atoms with Crippen molar-refractivity contribution in [1.29, 1.82) is 0 Å². The normalized spacial score (nSPS) is 44.7. The maximum absolute atomic E-state index is 15.7. The molecule has 0 radical (unpaired) electrons. The smallest absolute Gasteiger partial charge is 0.311 e. The van der Waals surface area contributed by atoms with Gasteiger partial charge in [-0.3, -0.25) is 4.79 Å². The Morgan fingerprint density at radius 2 is 1.57 bits per heavy atom. The van der Waals surface area contributed by atoms with Gasteiger partial charge in [0.25, 0.3) is 0 Å². The molecule has 4 aliphatic carbocycles. The SMILES string of the molecule is COC(=O)C1CC[C@@]2(C)C(CC[C@H]3[C@@H]4CC[C@H](C(C)CO[Si](C)(C)C(C)(C)C)[C@@]4(C)CC[C@@H]32)C1F. The molecule has 0 aromatic rings. The summed E-state index contributed by atoms with van der Waals surface area (Å²) in [5.41, 5.74) is 0.419. The fourth-order valence-corrected chi connectivity index (χ4v) is 10.4. The van der Waals surface area contributed by atoms with Crippen molar-refractivity contribution in [2.45, 2.75) is 117 Å². The molecule has 4 aliphatic rings.